The van der Waals surface area contributed by atoms with E-state index in [4.69, 9.17) is 5.73 Å². The minimum atomic E-state index is -0.354. The standard InChI is InChI=1S/C16H24N2O2/c1-12(2)18(16(20)9-5-8-15(17)19)11-14-7-4-6-13(3)10-14/h4,6-7,10,12H,5,8-9,11H2,1-3H3,(H2,17,19). The lowest BCUT2D eigenvalue weighted by Gasteiger charge is -2.27. The summed E-state index contributed by atoms with van der Waals surface area (Å²) in [6, 6.07) is 8.29. The highest BCUT2D eigenvalue weighted by atomic mass is 16.2. The van der Waals surface area contributed by atoms with Gasteiger partial charge in [0.2, 0.25) is 11.8 Å². The minimum absolute atomic E-state index is 0.0720. The van der Waals surface area contributed by atoms with Crippen LogP contribution >= 0.6 is 0 Å². The number of amides is 2. The second-order valence-electron chi connectivity index (χ2n) is 5.42. The molecule has 0 saturated heterocycles. The van der Waals surface area contributed by atoms with E-state index in [1.54, 1.807) is 0 Å². The molecule has 0 atom stereocenters. The Hall–Kier alpha value is -1.84. The predicted octanol–water partition coefficient (Wildman–Crippen LogP) is 2.39. The van der Waals surface area contributed by atoms with Gasteiger partial charge in [-0.1, -0.05) is 29.8 Å². The van der Waals surface area contributed by atoms with Crippen LogP contribution in [-0.2, 0) is 16.1 Å². The smallest absolute Gasteiger partial charge is 0.223 e. The highest BCUT2D eigenvalue weighted by molar-refractivity contribution is 5.78. The molecule has 4 heteroatoms. The zero-order valence-corrected chi connectivity index (χ0v) is 12.6. The SMILES string of the molecule is Cc1cccc(CN(C(=O)CCCC(N)=O)C(C)C)c1. The number of hydrogen-bond acceptors (Lipinski definition) is 2. The molecular formula is C16H24N2O2. The van der Waals surface area contributed by atoms with Crippen molar-refractivity contribution in [2.45, 2.75) is 52.6 Å². The van der Waals surface area contributed by atoms with Crippen LogP contribution in [0.1, 0.15) is 44.2 Å². The molecule has 20 heavy (non-hydrogen) atoms. The van der Waals surface area contributed by atoms with E-state index < -0.39 is 0 Å². The summed E-state index contributed by atoms with van der Waals surface area (Å²) in [7, 11) is 0. The Balaban J connectivity index is 2.64. The van der Waals surface area contributed by atoms with Crippen LogP contribution in [0.3, 0.4) is 0 Å². The van der Waals surface area contributed by atoms with E-state index in [0.29, 0.717) is 19.4 Å². The van der Waals surface area contributed by atoms with E-state index in [1.165, 1.54) is 5.56 Å². The molecule has 0 aliphatic heterocycles. The Bertz CT molecular complexity index is 469. The second kappa shape index (κ2) is 7.68. The number of nitrogens with two attached hydrogens (primary N) is 1. The van der Waals surface area contributed by atoms with E-state index in [-0.39, 0.29) is 24.3 Å². The van der Waals surface area contributed by atoms with Gasteiger partial charge in [0.05, 0.1) is 0 Å². The maximum atomic E-state index is 12.2. The number of benzene rings is 1. The van der Waals surface area contributed by atoms with E-state index in [1.807, 2.05) is 43.9 Å². The zero-order chi connectivity index (χ0) is 15.1. The van der Waals surface area contributed by atoms with Crippen molar-refractivity contribution < 1.29 is 9.59 Å². The number of rotatable bonds is 7. The number of aryl methyl sites for hydroxylation is 1. The van der Waals surface area contributed by atoms with E-state index in [2.05, 4.69) is 6.07 Å². The highest BCUT2D eigenvalue weighted by Crippen LogP contribution is 2.13. The average molecular weight is 276 g/mol. The number of nitrogens with zero attached hydrogens (tertiary/aromatic N) is 1. The molecular weight excluding hydrogens is 252 g/mol. The van der Waals surface area contributed by atoms with E-state index in [9.17, 15) is 9.59 Å². The molecule has 1 rings (SSSR count). The normalized spacial score (nSPS) is 10.6. The van der Waals surface area contributed by atoms with Gasteiger partial charge in [0.15, 0.2) is 0 Å². The van der Waals surface area contributed by atoms with Crippen LogP contribution in [0.4, 0.5) is 0 Å². The molecule has 0 heterocycles. The molecule has 0 aliphatic carbocycles. The Morgan fingerprint density at radius 2 is 1.95 bits per heavy atom. The van der Waals surface area contributed by atoms with Crippen LogP contribution in [0.2, 0.25) is 0 Å². The first kappa shape index (κ1) is 16.2. The van der Waals surface area contributed by atoms with Gasteiger partial charge in [0, 0.05) is 25.4 Å². The topological polar surface area (TPSA) is 63.4 Å². The molecule has 0 aromatic heterocycles. The summed E-state index contributed by atoms with van der Waals surface area (Å²) < 4.78 is 0. The van der Waals surface area contributed by atoms with E-state index in [0.717, 1.165) is 5.56 Å². The molecule has 0 fully saturated rings. The summed E-state index contributed by atoms with van der Waals surface area (Å²) in [6.07, 6.45) is 1.15. The Morgan fingerprint density at radius 3 is 2.50 bits per heavy atom. The van der Waals surface area contributed by atoms with Gasteiger partial charge in [-0.05, 0) is 32.8 Å². The summed E-state index contributed by atoms with van der Waals surface area (Å²) in [6.45, 7) is 6.65. The molecule has 0 spiro atoms. The first-order valence-corrected chi connectivity index (χ1v) is 7.03. The molecule has 0 radical (unpaired) electrons. The van der Waals surface area contributed by atoms with Crippen molar-refractivity contribution in [3.63, 3.8) is 0 Å². The third-order valence-corrected chi connectivity index (χ3v) is 3.19. The maximum Gasteiger partial charge on any atom is 0.223 e. The number of carbonyl (C=O) groups is 2. The largest absolute Gasteiger partial charge is 0.370 e. The van der Waals surface area contributed by atoms with Crippen LogP contribution in [-0.4, -0.2) is 22.8 Å². The van der Waals surface area contributed by atoms with Gasteiger partial charge < -0.3 is 10.6 Å². The molecule has 0 aliphatic rings. The van der Waals surface area contributed by atoms with Gasteiger partial charge in [-0.15, -0.1) is 0 Å². The summed E-state index contributed by atoms with van der Waals surface area (Å²) in [5.74, 6) is -0.282. The van der Waals surface area contributed by atoms with Crippen molar-refractivity contribution in [3.05, 3.63) is 35.4 Å². The third kappa shape index (κ3) is 5.43. The van der Waals surface area contributed by atoms with Crippen LogP contribution in [0.5, 0.6) is 0 Å². The van der Waals surface area contributed by atoms with Crippen molar-refractivity contribution in [2.75, 3.05) is 0 Å². The highest BCUT2D eigenvalue weighted by Gasteiger charge is 2.17. The van der Waals surface area contributed by atoms with Gasteiger partial charge >= 0.3 is 0 Å². The first-order chi connectivity index (χ1) is 9.40. The predicted molar refractivity (Wildman–Crippen MR) is 79.9 cm³/mol. The molecule has 0 saturated carbocycles. The van der Waals surface area contributed by atoms with Crippen LogP contribution in [0.25, 0.3) is 0 Å². The fourth-order valence-electron chi connectivity index (χ4n) is 2.12. The van der Waals surface area contributed by atoms with Gasteiger partial charge in [-0.2, -0.15) is 0 Å². The fraction of sp³-hybridized carbons (Fsp3) is 0.500. The molecule has 2 N–H and O–H groups in total. The van der Waals surface area contributed by atoms with Crippen molar-refractivity contribution in [2.24, 2.45) is 5.73 Å². The summed E-state index contributed by atoms with van der Waals surface area (Å²) in [4.78, 5) is 24.8. The van der Waals surface area contributed by atoms with Crippen LogP contribution < -0.4 is 5.73 Å². The Kier molecular flexibility index (Phi) is 6.22. The van der Waals surface area contributed by atoms with Crippen molar-refractivity contribution in [1.82, 2.24) is 4.90 Å². The third-order valence-electron chi connectivity index (χ3n) is 3.19. The fourth-order valence-corrected chi connectivity index (χ4v) is 2.12. The minimum Gasteiger partial charge on any atom is -0.370 e. The quantitative estimate of drug-likeness (QED) is 0.831. The molecule has 4 nitrogen and oxygen atoms in total. The number of carbonyl (C=O) groups excluding carboxylic acids is 2. The molecule has 1 aromatic carbocycles. The van der Waals surface area contributed by atoms with E-state index >= 15 is 0 Å². The molecule has 1 aromatic rings. The summed E-state index contributed by atoms with van der Waals surface area (Å²) >= 11 is 0. The van der Waals surface area contributed by atoms with Gasteiger partial charge in [0.1, 0.15) is 0 Å². The lowest BCUT2D eigenvalue weighted by Crippen LogP contribution is -2.36. The molecule has 110 valence electrons. The van der Waals surface area contributed by atoms with Crippen LogP contribution in [0.15, 0.2) is 24.3 Å². The van der Waals surface area contributed by atoms with Crippen molar-refractivity contribution >= 4 is 11.8 Å². The number of primary amides is 1. The number of hydrogen-bond donors (Lipinski definition) is 1. The maximum absolute atomic E-state index is 12.2. The first-order valence-electron chi connectivity index (χ1n) is 7.03. The van der Waals surface area contributed by atoms with Gasteiger partial charge in [-0.25, -0.2) is 0 Å². The van der Waals surface area contributed by atoms with Crippen LogP contribution in [0, 0.1) is 6.92 Å². The molecule has 0 unspecified atom stereocenters. The monoisotopic (exact) mass is 276 g/mol. The summed E-state index contributed by atoms with van der Waals surface area (Å²) in [5.41, 5.74) is 7.41. The molecule has 0 bridgehead atoms. The Morgan fingerprint density at radius 1 is 1.25 bits per heavy atom. The second-order valence-corrected chi connectivity index (χ2v) is 5.42. The van der Waals surface area contributed by atoms with Crippen molar-refractivity contribution in [3.8, 4) is 0 Å². The lowest BCUT2D eigenvalue weighted by atomic mass is 10.1. The molecule has 2 amide bonds. The van der Waals surface area contributed by atoms with Crippen molar-refractivity contribution in [1.29, 1.82) is 0 Å². The Labute approximate surface area is 121 Å². The van der Waals surface area contributed by atoms with Gasteiger partial charge in [-0.3, -0.25) is 9.59 Å². The average Bonchev–Trinajstić information content (AvgIpc) is 2.35. The zero-order valence-electron chi connectivity index (χ0n) is 12.6. The lowest BCUT2D eigenvalue weighted by molar-refractivity contribution is -0.133. The van der Waals surface area contributed by atoms with Gasteiger partial charge in [0.25, 0.3) is 0 Å². The summed E-state index contributed by atoms with van der Waals surface area (Å²) in [5, 5.41) is 0.